The van der Waals surface area contributed by atoms with E-state index in [-0.39, 0.29) is 23.6 Å². The number of hydrogen-bond donors (Lipinski definition) is 0. The molecule has 6 heteroatoms. The number of carbonyl (C=O) groups is 1. The van der Waals surface area contributed by atoms with Crippen molar-refractivity contribution < 1.29 is 9.32 Å². The van der Waals surface area contributed by atoms with Crippen LogP contribution in [-0.2, 0) is 0 Å². The predicted octanol–water partition coefficient (Wildman–Crippen LogP) is 1.88. The van der Waals surface area contributed by atoms with Crippen molar-refractivity contribution in [3.63, 3.8) is 0 Å². The van der Waals surface area contributed by atoms with Crippen LogP contribution in [0.5, 0.6) is 0 Å². The molecular formula is C12H15N3O2S. The number of thioether (sulfide) groups is 1. The Morgan fingerprint density at radius 3 is 3.11 bits per heavy atom. The van der Waals surface area contributed by atoms with Crippen molar-refractivity contribution in [2.75, 3.05) is 18.1 Å². The monoisotopic (exact) mass is 265 g/mol. The van der Waals surface area contributed by atoms with Crippen LogP contribution in [0.1, 0.15) is 36.0 Å². The molecule has 0 bridgehead atoms. The molecule has 1 aromatic heterocycles. The van der Waals surface area contributed by atoms with Gasteiger partial charge in [0.1, 0.15) is 6.04 Å². The minimum Gasteiger partial charge on any atom is -0.351 e. The van der Waals surface area contributed by atoms with Gasteiger partial charge in [-0.2, -0.15) is 17.0 Å². The molecule has 0 N–H and O–H groups in total. The van der Waals surface area contributed by atoms with Crippen molar-refractivity contribution in [1.29, 1.82) is 5.26 Å². The van der Waals surface area contributed by atoms with Gasteiger partial charge in [0.15, 0.2) is 0 Å². The Labute approximate surface area is 110 Å². The van der Waals surface area contributed by atoms with Crippen molar-refractivity contribution in [3.8, 4) is 6.07 Å². The van der Waals surface area contributed by atoms with E-state index < -0.39 is 0 Å². The van der Waals surface area contributed by atoms with E-state index in [1.807, 2.05) is 13.8 Å². The molecule has 1 saturated heterocycles. The van der Waals surface area contributed by atoms with Crippen LogP contribution in [0, 0.1) is 11.3 Å². The van der Waals surface area contributed by atoms with Crippen LogP contribution in [0.2, 0.25) is 0 Å². The van der Waals surface area contributed by atoms with Crippen molar-refractivity contribution >= 4 is 17.7 Å². The minimum absolute atomic E-state index is 0.221. The van der Waals surface area contributed by atoms with Gasteiger partial charge in [-0.05, 0) is 5.92 Å². The average Bonchev–Trinajstić information content (AvgIpc) is 2.87. The highest BCUT2D eigenvalue weighted by Crippen LogP contribution is 2.20. The second-order valence-electron chi connectivity index (χ2n) is 4.49. The lowest BCUT2D eigenvalue weighted by Gasteiger charge is -2.29. The Morgan fingerprint density at radius 2 is 2.50 bits per heavy atom. The quantitative estimate of drug-likeness (QED) is 0.816. The van der Waals surface area contributed by atoms with Crippen LogP contribution >= 0.6 is 11.8 Å². The first-order chi connectivity index (χ1) is 8.63. The maximum atomic E-state index is 12.2. The van der Waals surface area contributed by atoms with Crippen molar-refractivity contribution in [2.24, 2.45) is 0 Å². The Balaban J connectivity index is 2.16. The van der Waals surface area contributed by atoms with Gasteiger partial charge in [-0.15, -0.1) is 0 Å². The maximum absolute atomic E-state index is 12.2. The molecule has 0 radical (unpaired) electrons. The number of rotatable bonds is 2. The van der Waals surface area contributed by atoms with E-state index in [9.17, 15) is 4.79 Å². The average molecular weight is 265 g/mol. The van der Waals surface area contributed by atoms with E-state index in [1.54, 1.807) is 22.7 Å². The van der Waals surface area contributed by atoms with Crippen LogP contribution in [0.15, 0.2) is 10.6 Å². The van der Waals surface area contributed by atoms with Gasteiger partial charge in [0.2, 0.25) is 5.76 Å². The first-order valence-electron chi connectivity index (χ1n) is 5.88. The van der Waals surface area contributed by atoms with Crippen LogP contribution in [0.4, 0.5) is 0 Å². The van der Waals surface area contributed by atoms with Gasteiger partial charge < -0.3 is 9.42 Å². The molecule has 1 unspecified atom stereocenters. The third-order valence-corrected chi connectivity index (χ3v) is 3.89. The Kier molecular flexibility index (Phi) is 3.92. The number of nitriles is 1. The molecule has 18 heavy (non-hydrogen) atoms. The fourth-order valence-electron chi connectivity index (χ4n) is 1.76. The Morgan fingerprint density at radius 1 is 1.72 bits per heavy atom. The zero-order valence-corrected chi connectivity index (χ0v) is 11.2. The van der Waals surface area contributed by atoms with Crippen molar-refractivity contribution in [3.05, 3.63) is 17.5 Å². The molecule has 96 valence electrons. The van der Waals surface area contributed by atoms with E-state index in [1.165, 1.54) is 0 Å². The summed E-state index contributed by atoms with van der Waals surface area (Å²) in [4.78, 5) is 13.8. The van der Waals surface area contributed by atoms with Gasteiger partial charge in [0.05, 0.1) is 11.8 Å². The molecule has 1 aliphatic heterocycles. The Hall–Kier alpha value is -1.48. The molecule has 0 saturated carbocycles. The fourth-order valence-corrected chi connectivity index (χ4v) is 2.73. The highest BCUT2D eigenvalue weighted by atomic mass is 32.2. The lowest BCUT2D eigenvalue weighted by atomic mass is 10.1. The molecule has 1 aromatic rings. The summed E-state index contributed by atoms with van der Waals surface area (Å²) in [6.45, 7) is 4.56. The highest BCUT2D eigenvalue weighted by molar-refractivity contribution is 7.99. The lowest BCUT2D eigenvalue weighted by Crippen LogP contribution is -2.45. The van der Waals surface area contributed by atoms with Gasteiger partial charge in [-0.1, -0.05) is 19.0 Å². The van der Waals surface area contributed by atoms with E-state index in [0.717, 1.165) is 11.4 Å². The molecule has 0 aromatic carbocycles. The highest BCUT2D eigenvalue weighted by Gasteiger charge is 2.30. The van der Waals surface area contributed by atoms with Gasteiger partial charge in [-0.3, -0.25) is 4.79 Å². The second-order valence-corrected chi connectivity index (χ2v) is 5.64. The van der Waals surface area contributed by atoms with Gasteiger partial charge in [0, 0.05) is 24.1 Å². The molecule has 1 fully saturated rings. The standard InChI is InChI=1S/C12H15N3O2S/c1-8(2)10-5-11(17-14-10)12(16)15-3-4-18-7-9(15)6-13/h5,8-9H,3-4,7H2,1-2H3. The molecular weight excluding hydrogens is 250 g/mol. The molecule has 1 aliphatic rings. The van der Waals surface area contributed by atoms with Crippen molar-refractivity contribution in [1.82, 2.24) is 10.1 Å². The smallest absolute Gasteiger partial charge is 0.293 e. The minimum atomic E-state index is -0.371. The summed E-state index contributed by atoms with van der Waals surface area (Å²) in [5, 5.41) is 12.9. The third-order valence-electron chi connectivity index (χ3n) is 2.87. The van der Waals surface area contributed by atoms with Crippen LogP contribution in [0.25, 0.3) is 0 Å². The normalized spacial score (nSPS) is 19.9. The summed E-state index contributed by atoms with van der Waals surface area (Å²) in [5.41, 5.74) is 0.762. The molecule has 0 spiro atoms. The predicted molar refractivity (Wildman–Crippen MR) is 68.4 cm³/mol. The number of amides is 1. The first kappa shape index (κ1) is 13.0. The largest absolute Gasteiger partial charge is 0.351 e. The number of hydrogen-bond acceptors (Lipinski definition) is 5. The fraction of sp³-hybridized carbons (Fsp3) is 0.583. The number of carbonyl (C=O) groups excluding carboxylic acids is 1. The summed E-state index contributed by atoms with van der Waals surface area (Å²) < 4.78 is 5.08. The Bertz CT molecular complexity index is 478. The third kappa shape index (κ3) is 2.51. The van der Waals surface area contributed by atoms with Crippen LogP contribution < -0.4 is 0 Å². The van der Waals surface area contributed by atoms with Gasteiger partial charge >= 0.3 is 0 Å². The lowest BCUT2D eigenvalue weighted by molar-refractivity contribution is 0.0695. The van der Waals surface area contributed by atoms with Crippen molar-refractivity contribution in [2.45, 2.75) is 25.8 Å². The number of nitrogens with zero attached hydrogens (tertiary/aromatic N) is 3. The zero-order valence-electron chi connectivity index (χ0n) is 10.4. The van der Waals surface area contributed by atoms with Gasteiger partial charge in [0.25, 0.3) is 5.91 Å². The summed E-state index contributed by atoms with van der Waals surface area (Å²) in [6.07, 6.45) is 0. The summed E-state index contributed by atoms with van der Waals surface area (Å²) in [6, 6.07) is 3.45. The van der Waals surface area contributed by atoms with Gasteiger partial charge in [-0.25, -0.2) is 0 Å². The zero-order chi connectivity index (χ0) is 13.1. The first-order valence-corrected chi connectivity index (χ1v) is 7.04. The molecule has 2 heterocycles. The van der Waals surface area contributed by atoms with Crippen LogP contribution in [-0.4, -0.2) is 40.1 Å². The molecule has 0 aliphatic carbocycles. The van der Waals surface area contributed by atoms with E-state index in [2.05, 4.69) is 11.2 Å². The summed E-state index contributed by atoms with van der Waals surface area (Å²) in [5.74, 6) is 1.73. The molecule has 2 rings (SSSR count). The number of aromatic nitrogens is 1. The van der Waals surface area contributed by atoms with E-state index in [0.29, 0.717) is 12.3 Å². The SMILES string of the molecule is CC(C)c1cc(C(=O)N2CCSCC2C#N)on1. The maximum Gasteiger partial charge on any atom is 0.293 e. The van der Waals surface area contributed by atoms with Crippen LogP contribution in [0.3, 0.4) is 0 Å². The molecule has 1 amide bonds. The summed E-state index contributed by atoms with van der Waals surface area (Å²) in [7, 11) is 0. The topological polar surface area (TPSA) is 70.1 Å². The van der Waals surface area contributed by atoms with E-state index in [4.69, 9.17) is 9.78 Å². The molecule has 5 nitrogen and oxygen atoms in total. The summed E-state index contributed by atoms with van der Waals surface area (Å²) >= 11 is 1.69. The second kappa shape index (κ2) is 5.44. The van der Waals surface area contributed by atoms with E-state index >= 15 is 0 Å². The molecule has 1 atom stereocenters.